The maximum atomic E-state index is 13.9. The zero-order valence-corrected chi connectivity index (χ0v) is 17.1. The highest BCUT2D eigenvalue weighted by Gasteiger charge is 2.27. The van der Waals surface area contributed by atoms with Crippen LogP contribution in [0.4, 0.5) is 4.39 Å². The summed E-state index contributed by atoms with van der Waals surface area (Å²) < 4.78 is 26.3. The lowest BCUT2D eigenvalue weighted by molar-refractivity contribution is -0.137. The number of nitrogens with zero attached hydrogens (tertiary/aromatic N) is 1. The molecule has 0 bridgehead atoms. The fourth-order valence-corrected chi connectivity index (χ4v) is 4.17. The van der Waals surface area contributed by atoms with Crippen LogP contribution >= 0.6 is 0 Å². The minimum atomic E-state index is -0.950. The molecule has 0 saturated carbocycles. The molecule has 1 aliphatic rings. The second-order valence-electron chi connectivity index (χ2n) is 7.54. The molecule has 1 atom stereocenters. The Morgan fingerprint density at radius 3 is 2.81 bits per heavy atom. The number of nitrogens with one attached hydrogen (secondary N) is 1. The van der Waals surface area contributed by atoms with Gasteiger partial charge in [-0.25, -0.2) is 4.39 Å². The van der Waals surface area contributed by atoms with Crippen molar-refractivity contribution in [1.82, 2.24) is 9.88 Å². The number of hydrogen-bond acceptors (Lipinski definition) is 4. The maximum Gasteiger partial charge on any atom is 0.323 e. The molecule has 0 spiro atoms. The number of halogens is 1. The lowest BCUT2D eigenvalue weighted by atomic mass is 9.91. The maximum absolute atomic E-state index is 13.9. The monoisotopic (exact) mass is 426 g/mol. The van der Waals surface area contributed by atoms with E-state index in [1.165, 1.54) is 12.1 Å². The van der Waals surface area contributed by atoms with E-state index >= 15 is 0 Å². The molecule has 1 aromatic heterocycles. The molecule has 1 heterocycles. The number of carboxylic acids is 1. The largest absolute Gasteiger partial charge is 0.497 e. The van der Waals surface area contributed by atoms with E-state index < -0.39 is 5.97 Å². The topological polar surface area (TPSA) is 89.8 Å². The number of rotatable bonds is 7. The Hall–Kier alpha value is -3.55. The molecule has 0 radical (unpaired) electrons. The van der Waals surface area contributed by atoms with Crippen molar-refractivity contribution < 1.29 is 28.6 Å². The lowest BCUT2D eigenvalue weighted by Crippen LogP contribution is -2.41. The van der Waals surface area contributed by atoms with Crippen LogP contribution in [0.5, 0.6) is 11.5 Å². The van der Waals surface area contributed by atoms with Crippen LogP contribution in [-0.4, -0.2) is 41.3 Å². The van der Waals surface area contributed by atoms with Gasteiger partial charge in [0.05, 0.1) is 7.11 Å². The van der Waals surface area contributed by atoms with Crippen molar-refractivity contribution in [2.24, 2.45) is 0 Å². The average Bonchev–Trinajstić information content (AvgIpc) is 3.04. The highest BCUT2D eigenvalue weighted by molar-refractivity contribution is 5.87. The van der Waals surface area contributed by atoms with Crippen LogP contribution in [0.15, 0.2) is 42.5 Å². The fourth-order valence-electron chi connectivity index (χ4n) is 4.17. The Labute approximate surface area is 178 Å². The fraction of sp³-hybridized carbons (Fsp3) is 0.304. The van der Waals surface area contributed by atoms with Crippen molar-refractivity contribution in [3.05, 3.63) is 59.5 Å². The molecule has 0 aliphatic heterocycles. The van der Waals surface area contributed by atoms with Crippen LogP contribution in [0.3, 0.4) is 0 Å². The number of carbonyl (C=O) groups excluding carboxylic acids is 1. The first kappa shape index (κ1) is 20.7. The van der Waals surface area contributed by atoms with Crippen molar-refractivity contribution in [2.75, 3.05) is 13.7 Å². The Morgan fingerprint density at radius 2 is 2.03 bits per heavy atom. The van der Waals surface area contributed by atoms with Gasteiger partial charge in [0, 0.05) is 28.7 Å². The number of aromatic nitrogens is 1. The van der Waals surface area contributed by atoms with E-state index in [1.54, 1.807) is 42.0 Å². The van der Waals surface area contributed by atoms with Gasteiger partial charge >= 0.3 is 5.97 Å². The van der Waals surface area contributed by atoms with Gasteiger partial charge in [-0.05, 0) is 55.2 Å². The summed E-state index contributed by atoms with van der Waals surface area (Å²) in [7, 11) is 1.56. The molecule has 31 heavy (non-hydrogen) atoms. The molecule has 3 aromatic rings. The van der Waals surface area contributed by atoms with Crippen LogP contribution in [0.1, 0.15) is 17.7 Å². The number of methoxy groups -OCH3 is 1. The molecule has 7 nitrogen and oxygen atoms in total. The van der Waals surface area contributed by atoms with E-state index in [2.05, 4.69) is 5.32 Å². The van der Waals surface area contributed by atoms with E-state index in [0.717, 1.165) is 11.3 Å². The van der Waals surface area contributed by atoms with Crippen LogP contribution in [0.25, 0.3) is 10.9 Å². The summed E-state index contributed by atoms with van der Waals surface area (Å²) in [4.78, 5) is 23.7. The molecule has 4 rings (SSSR count). The number of carbonyl (C=O) groups is 2. The third-order valence-corrected chi connectivity index (χ3v) is 5.50. The van der Waals surface area contributed by atoms with Crippen LogP contribution in [0, 0.1) is 5.82 Å². The van der Waals surface area contributed by atoms with Gasteiger partial charge in [0.25, 0.3) is 5.91 Å². The van der Waals surface area contributed by atoms with Crippen LogP contribution < -0.4 is 14.8 Å². The first-order chi connectivity index (χ1) is 14.9. The number of amides is 1. The molecule has 0 fully saturated rings. The van der Waals surface area contributed by atoms with Gasteiger partial charge in [0.1, 0.15) is 23.9 Å². The van der Waals surface area contributed by atoms with E-state index in [-0.39, 0.29) is 30.9 Å². The van der Waals surface area contributed by atoms with E-state index in [4.69, 9.17) is 9.47 Å². The Bertz CT molecular complexity index is 1140. The van der Waals surface area contributed by atoms with Gasteiger partial charge in [0.2, 0.25) is 0 Å². The second-order valence-corrected chi connectivity index (χ2v) is 7.54. The molecular formula is C23H23FN2O5. The minimum absolute atomic E-state index is 0.133. The summed E-state index contributed by atoms with van der Waals surface area (Å²) in [6.07, 6.45) is 1.77. The summed E-state index contributed by atoms with van der Waals surface area (Å²) in [5, 5.41) is 13.0. The number of fused-ring (bicyclic) bond motifs is 3. The molecule has 2 aromatic carbocycles. The molecular weight excluding hydrogens is 403 g/mol. The van der Waals surface area contributed by atoms with Gasteiger partial charge in [-0.1, -0.05) is 6.07 Å². The molecule has 162 valence electrons. The van der Waals surface area contributed by atoms with Gasteiger partial charge in [0.15, 0.2) is 6.61 Å². The normalized spacial score (nSPS) is 15.4. The molecule has 1 aliphatic carbocycles. The standard InChI is InChI=1S/C23H23FN2O5/c1-30-16-3-2-4-17(11-16)31-13-22(27)25-15-6-8-21-19(10-15)18-9-14(24)5-7-20(18)26(21)12-23(28)29/h2-5,7,9,11,15H,6,8,10,12-13H2,1H3,(H,25,27)(H,28,29)/t15-/m1/s1. The first-order valence-electron chi connectivity index (χ1n) is 10.0. The summed E-state index contributed by atoms with van der Waals surface area (Å²) in [6, 6.07) is 11.3. The van der Waals surface area contributed by atoms with Crippen LogP contribution in [0.2, 0.25) is 0 Å². The molecule has 1 amide bonds. The van der Waals surface area contributed by atoms with Crippen molar-refractivity contribution >= 4 is 22.8 Å². The first-order valence-corrected chi connectivity index (χ1v) is 10.0. The SMILES string of the molecule is COc1cccc(OCC(=O)N[C@@H]2CCc3c(c4cc(F)ccc4n3CC(=O)O)C2)c1. The summed E-state index contributed by atoms with van der Waals surface area (Å²) in [5.74, 6) is -0.401. The number of ether oxygens (including phenoxy) is 2. The van der Waals surface area contributed by atoms with Gasteiger partial charge in [-0.2, -0.15) is 0 Å². The zero-order chi connectivity index (χ0) is 22.0. The molecule has 2 N–H and O–H groups in total. The summed E-state index contributed by atoms with van der Waals surface area (Å²) in [5.41, 5.74) is 2.48. The second kappa shape index (κ2) is 8.67. The number of hydrogen-bond donors (Lipinski definition) is 2. The zero-order valence-electron chi connectivity index (χ0n) is 17.1. The van der Waals surface area contributed by atoms with E-state index in [9.17, 15) is 19.1 Å². The van der Waals surface area contributed by atoms with Gasteiger partial charge in [-0.15, -0.1) is 0 Å². The van der Waals surface area contributed by atoms with Crippen molar-refractivity contribution in [3.8, 4) is 11.5 Å². The minimum Gasteiger partial charge on any atom is -0.497 e. The predicted octanol–water partition coefficient (Wildman–Crippen LogP) is 2.93. The Morgan fingerprint density at radius 1 is 1.23 bits per heavy atom. The van der Waals surface area contributed by atoms with Crippen molar-refractivity contribution in [1.29, 1.82) is 0 Å². The number of carboxylic acid groups (broad SMARTS) is 1. The number of aliphatic carboxylic acids is 1. The van der Waals surface area contributed by atoms with Crippen molar-refractivity contribution in [2.45, 2.75) is 31.8 Å². The number of benzene rings is 2. The molecule has 8 heteroatoms. The Kier molecular flexibility index (Phi) is 5.79. The molecule has 0 unspecified atom stereocenters. The lowest BCUT2D eigenvalue weighted by Gasteiger charge is -2.25. The summed E-state index contributed by atoms with van der Waals surface area (Å²) in [6.45, 7) is -0.311. The quantitative estimate of drug-likeness (QED) is 0.606. The van der Waals surface area contributed by atoms with E-state index in [0.29, 0.717) is 41.7 Å². The summed E-state index contributed by atoms with van der Waals surface area (Å²) >= 11 is 0. The van der Waals surface area contributed by atoms with Crippen molar-refractivity contribution in [3.63, 3.8) is 0 Å². The predicted molar refractivity (Wildman–Crippen MR) is 112 cm³/mol. The third kappa shape index (κ3) is 4.47. The van der Waals surface area contributed by atoms with Gasteiger partial charge in [-0.3, -0.25) is 9.59 Å². The van der Waals surface area contributed by atoms with Crippen LogP contribution in [-0.2, 0) is 29.0 Å². The highest BCUT2D eigenvalue weighted by atomic mass is 19.1. The van der Waals surface area contributed by atoms with E-state index in [1.807, 2.05) is 0 Å². The highest BCUT2D eigenvalue weighted by Crippen LogP contribution is 2.33. The molecule has 0 saturated heterocycles. The average molecular weight is 426 g/mol. The Balaban J connectivity index is 1.47. The third-order valence-electron chi connectivity index (χ3n) is 5.50. The smallest absolute Gasteiger partial charge is 0.323 e. The van der Waals surface area contributed by atoms with Gasteiger partial charge < -0.3 is 24.5 Å².